The molecule has 0 radical (unpaired) electrons. The number of carboxylic acids is 1. The second kappa shape index (κ2) is 9.38. The van der Waals surface area contributed by atoms with Crippen LogP contribution in [0.5, 0.6) is 11.5 Å². The van der Waals surface area contributed by atoms with Crippen molar-refractivity contribution < 1.29 is 24.9 Å². The smallest absolute Gasteiger partial charge is 0.303 e. The van der Waals surface area contributed by atoms with Gasteiger partial charge in [-0.2, -0.15) is 0 Å². The van der Waals surface area contributed by atoms with E-state index in [-0.39, 0.29) is 36.0 Å². The quantitative estimate of drug-likeness (QED) is 0.455. The summed E-state index contributed by atoms with van der Waals surface area (Å²) in [6.45, 7) is 10.3. The second-order valence-corrected chi connectivity index (χ2v) is 9.64. The van der Waals surface area contributed by atoms with Gasteiger partial charge in [-0.1, -0.05) is 46.5 Å². The molecule has 1 heterocycles. The van der Waals surface area contributed by atoms with Crippen molar-refractivity contribution in [2.75, 3.05) is 6.61 Å². The molecule has 5 heteroatoms. The first-order valence-corrected chi connectivity index (χ1v) is 10.9. The Morgan fingerprint density at radius 3 is 2.48 bits per heavy atom. The number of phenols is 1. The summed E-state index contributed by atoms with van der Waals surface area (Å²) in [7, 11) is 0. The zero-order valence-electron chi connectivity index (χ0n) is 18.6. The lowest BCUT2D eigenvalue weighted by atomic mass is 9.70. The van der Waals surface area contributed by atoms with Gasteiger partial charge < -0.3 is 20.1 Å². The highest BCUT2D eigenvalue weighted by atomic mass is 16.5. The molecule has 0 aromatic heterocycles. The van der Waals surface area contributed by atoms with Gasteiger partial charge in [0.15, 0.2) is 0 Å². The molecule has 0 spiro atoms. The van der Waals surface area contributed by atoms with Gasteiger partial charge in [0.1, 0.15) is 17.1 Å². The molecular formula is C24H38O5. The summed E-state index contributed by atoms with van der Waals surface area (Å²) < 4.78 is 6.29. The maximum atomic E-state index is 11.1. The van der Waals surface area contributed by atoms with Crippen LogP contribution in [-0.4, -0.2) is 33.5 Å². The molecule has 0 amide bonds. The average Bonchev–Trinajstić information content (AvgIpc) is 2.62. The molecule has 0 aliphatic carbocycles. The number of carboxylic acid groups (broad SMARTS) is 1. The summed E-state index contributed by atoms with van der Waals surface area (Å²) in [5, 5.41) is 30.1. The Labute approximate surface area is 175 Å². The molecule has 1 aliphatic heterocycles. The van der Waals surface area contributed by atoms with Gasteiger partial charge in [0.25, 0.3) is 0 Å². The van der Waals surface area contributed by atoms with E-state index >= 15 is 0 Å². The fourth-order valence-electron chi connectivity index (χ4n) is 4.69. The molecule has 3 N–H and O–H groups in total. The van der Waals surface area contributed by atoms with Crippen LogP contribution >= 0.6 is 0 Å². The Bertz CT molecular complexity index is 707. The monoisotopic (exact) mass is 406 g/mol. The fourth-order valence-corrected chi connectivity index (χ4v) is 4.69. The zero-order chi connectivity index (χ0) is 21.8. The normalized spacial score (nSPS) is 20.8. The molecule has 2 atom stereocenters. The Morgan fingerprint density at radius 1 is 1.21 bits per heavy atom. The Hall–Kier alpha value is -1.75. The first-order chi connectivity index (χ1) is 13.5. The minimum absolute atomic E-state index is 0.00687. The van der Waals surface area contributed by atoms with E-state index in [1.807, 2.05) is 19.9 Å². The maximum Gasteiger partial charge on any atom is 0.303 e. The number of aliphatic hydroxyl groups excluding tert-OH is 1. The van der Waals surface area contributed by atoms with E-state index in [1.54, 1.807) is 6.07 Å². The van der Waals surface area contributed by atoms with Crippen LogP contribution in [0.1, 0.15) is 96.6 Å². The maximum absolute atomic E-state index is 11.1. The van der Waals surface area contributed by atoms with E-state index in [0.29, 0.717) is 17.7 Å². The van der Waals surface area contributed by atoms with Crippen LogP contribution in [0.4, 0.5) is 0 Å². The van der Waals surface area contributed by atoms with Crippen molar-refractivity contribution in [2.45, 2.75) is 96.5 Å². The van der Waals surface area contributed by atoms with Crippen molar-refractivity contribution in [3.63, 3.8) is 0 Å². The second-order valence-electron chi connectivity index (χ2n) is 9.64. The van der Waals surface area contributed by atoms with Gasteiger partial charge in [-0.15, -0.1) is 0 Å². The van der Waals surface area contributed by atoms with Crippen molar-refractivity contribution in [3.8, 4) is 11.5 Å². The van der Waals surface area contributed by atoms with Crippen molar-refractivity contribution >= 4 is 5.97 Å². The number of aliphatic hydroxyl groups is 1. The molecule has 0 saturated heterocycles. The Balaban J connectivity index is 2.36. The minimum atomic E-state index is -0.868. The van der Waals surface area contributed by atoms with Crippen molar-refractivity contribution in [2.24, 2.45) is 5.92 Å². The molecule has 0 bridgehead atoms. The van der Waals surface area contributed by atoms with E-state index in [9.17, 15) is 15.0 Å². The number of hydrogen-bond donors (Lipinski definition) is 3. The topological polar surface area (TPSA) is 87.0 Å². The number of benzene rings is 1. The predicted molar refractivity (Wildman–Crippen MR) is 115 cm³/mol. The molecule has 0 unspecified atom stereocenters. The molecule has 2 rings (SSSR count). The number of ether oxygens (including phenoxy) is 1. The molecule has 0 fully saturated rings. The third kappa shape index (κ3) is 5.44. The SMILES string of the molecule is CCCCCCC(C)(C)c1cc(O)c2c(c1)OC(C)(C)[C@H](CCC(=O)O)[C@H]2CO. The molecule has 5 nitrogen and oxygen atoms in total. The molecule has 1 aliphatic rings. The van der Waals surface area contributed by atoms with Crippen LogP contribution in [0.2, 0.25) is 0 Å². The number of unbranched alkanes of at least 4 members (excludes halogenated alkanes) is 3. The lowest BCUT2D eigenvalue weighted by Gasteiger charge is -2.45. The lowest BCUT2D eigenvalue weighted by molar-refractivity contribution is -0.137. The number of phenolic OH excluding ortho intramolecular Hbond substituents is 1. The zero-order valence-corrected chi connectivity index (χ0v) is 18.6. The predicted octanol–water partition coefficient (Wildman–Crippen LogP) is 5.37. The molecular weight excluding hydrogens is 368 g/mol. The number of carbonyl (C=O) groups is 1. The summed E-state index contributed by atoms with van der Waals surface area (Å²) in [5.74, 6) is -0.677. The largest absolute Gasteiger partial charge is 0.508 e. The van der Waals surface area contributed by atoms with E-state index in [2.05, 4.69) is 20.8 Å². The summed E-state index contributed by atoms with van der Waals surface area (Å²) in [4.78, 5) is 11.1. The molecule has 1 aromatic rings. The van der Waals surface area contributed by atoms with E-state index in [0.717, 1.165) is 18.4 Å². The highest BCUT2D eigenvalue weighted by molar-refractivity contribution is 5.66. The van der Waals surface area contributed by atoms with Gasteiger partial charge in [0.2, 0.25) is 0 Å². The van der Waals surface area contributed by atoms with Crippen molar-refractivity contribution in [1.29, 1.82) is 0 Å². The van der Waals surface area contributed by atoms with Gasteiger partial charge >= 0.3 is 5.97 Å². The Morgan fingerprint density at radius 2 is 1.90 bits per heavy atom. The summed E-state index contributed by atoms with van der Waals surface area (Å²) in [5.41, 5.74) is 0.906. The van der Waals surface area contributed by atoms with E-state index in [4.69, 9.17) is 9.84 Å². The Kier molecular flexibility index (Phi) is 7.61. The van der Waals surface area contributed by atoms with Crippen molar-refractivity contribution in [3.05, 3.63) is 23.3 Å². The van der Waals surface area contributed by atoms with Gasteiger partial charge in [-0.25, -0.2) is 0 Å². The lowest BCUT2D eigenvalue weighted by Crippen LogP contribution is -2.46. The first kappa shape index (κ1) is 23.5. The van der Waals surface area contributed by atoms with E-state index in [1.165, 1.54) is 19.3 Å². The molecule has 1 aromatic carbocycles. The highest BCUT2D eigenvalue weighted by Crippen LogP contribution is 2.51. The summed E-state index contributed by atoms with van der Waals surface area (Å²) >= 11 is 0. The highest BCUT2D eigenvalue weighted by Gasteiger charge is 2.45. The first-order valence-electron chi connectivity index (χ1n) is 10.9. The van der Waals surface area contributed by atoms with Gasteiger partial charge in [-0.05, 0) is 49.8 Å². The van der Waals surface area contributed by atoms with Gasteiger partial charge in [-0.3, -0.25) is 4.79 Å². The number of aliphatic carboxylic acids is 1. The van der Waals surface area contributed by atoms with Gasteiger partial charge in [0.05, 0.1) is 6.61 Å². The van der Waals surface area contributed by atoms with E-state index < -0.39 is 11.6 Å². The summed E-state index contributed by atoms with van der Waals surface area (Å²) in [6, 6.07) is 3.81. The standard InChI is InChI=1S/C24H38O5/c1-6-7-8-9-12-23(2,3)16-13-19(26)22-17(15-25)18(10-11-21(27)28)24(4,5)29-20(22)14-16/h13-14,17-18,25-26H,6-12,15H2,1-5H3,(H,27,28)/t17-,18-/m1/s1. The fraction of sp³-hybridized carbons (Fsp3) is 0.708. The van der Waals surface area contributed by atoms with Crippen LogP contribution < -0.4 is 4.74 Å². The molecule has 0 saturated carbocycles. The average molecular weight is 407 g/mol. The van der Waals surface area contributed by atoms with Crippen LogP contribution in [0, 0.1) is 5.92 Å². The van der Waals surface area contributed by atoms with Crippen molar-refractivity contribution in [1.82, 2.24) is 0 Å². The number of aromatic hydroxyl groups is 1. The van der Waals surface area contributed by atoms with Crippen LogP contribution in [-0.2, 0) is 10.2 Å². The number of fused-ring (bicyclic) bond motifs is 1. The summed E-state index contributed by atoms with van der Waals surface area (Å²) in [6.07, 6.45) is 6.20. The van der Waals surface area contributed by atoms with Crippen LogP contribution in [0.3, 0.4) is 0 Å². The third-order valence-corrected chi connectivity index (χ3v) is 6.55. The number of rotatable bonds is 10. The van der Waals surface area contributed by atoms with Crippen LogP contribution in [0.25, 0.3) is 0 Å². The number of hydrogen-bond acceptors (Lipinski definition) is 4. The van der Waals surface area contributed by atoms with Gasteiger partial charge in [0, 0.05) is 23.8 Å². The molecule has 29 heavy (non-hydrogen) atoms. The minimum Gasteiger partial charge on any atom is -0.508 e. The molecule has 164 valence electrons. The third-order valence-electron chi connectivity index (χ3n) is 6.55. The van der Waals surface area contributed by atoms with Crippen LogP contribution in [0.15, 0.2) is 12.1 Å².